The van der Waals surface area contributed by atoms with E-state index in [0.717, 1.165) is 0 Å². The zero-order valence-corrected chi connectivity index (χ0v) is 7.04. The second-order valence-corrected chi connectivity index (χ2v) is 4.58. The average molecular weight is 136 g/mol. The predicted molar refractivity (Wildman–Crippen MR) is 43.9 cm³/mol. The fraction of sp³-hybridized carbons (Fsp3) is 0.800. The summed E-state index contributed by atoms with van der Waals surface area (Å²) in [4.78, 5) is 0. The number of rotatable bonds is 0. The summed E-state index contributed by atoms with van der Waals surface area (Å²) in [5.74, 6) is 0. The lowest BCUT2D eigenvalue weighted by molar-refractivity contribution is 0.378. The van der Waals surface area contributed by atoms with Gasteiger partial charge in [0.05, 0.1) is 0 Å². The van der Waals surface area contributed by atoms with Gasteiger partial charge in [-0.05, 0) is 37.5 Å². The van der Waals surface area contributed by atoms with Gasteiger partial charge in [0.2, 0.25) is 0 Å². The summed E-state index contributed by atoms with van der Waals surface area (Å²) in [6.07, 6.45) is 7.06. The molecule has 0 nitrogen and oxygen atoms in total. The largest absolute Gasteiger partial charge is 0.0704 e. The van der Waals surface area contributed by atoms with E-state index >= 15 is 0 Å². The number of hydrogen-bond acceptors (Lipinski definition) is 0. The first-order chi connectivity index (χ1) is 4.67. The van der Waals surface area contributed by atoms with Crippen LogP contribution in [-0.4, -0.2) is 0 Å². The Bertz CT molecular complexity index is 166. The lowest BCUT2D eigenvalue weighted by atomic mass is 9.87. The molecule has 0 spiro atoms. The predicted octanol–water partition coefficient (Wildman–Crippen LogP) is 3.29. The van der Waals surface area contributed by atoms with E-state index in [0.29, 0.717) is 5.41 Å². The van der Waals surface area contributed by atoms with Crippen LogP contribution in [0.5, 0.6) is 0 Å². The van der Waals surface area contributed by atoms with Gasteiger partial charge in [-0.2, -0.15) is 0 Å². The highest BCUT2D eigenvalue weighted by Crippen LogP contribution is 2.47. The first-order valence-electron chi connectivity index (χ1n) is 4.37. The SMILES string of the molecule is CC1(C)CC2=C(CCC2)C1. The highest BCUT2D eigenvalue weighted by Gasteiger charge is 2.32. The van der Waals surface area contributed by atoms with Gasteiger partial charge in [0, 0.05) is 0 Å². The molecule has 0 aromatic heterocycles. The fourth-order valence-corrected chi connectivity index (χ4v) is 2.51. The molecule has 2 aliphatic rings. The third-order valence-corrected chi connectivity index (χ3v) is 2.84. The molecule has 0 aromatic rings. The summed E-state index contributed by atoms with van der Waals surface area (Å²) in [5, 5.41) is 0. The Morgan fingerprint density at radius 2 is 1.50 bits per heavy atom. The van der Waals surface area contributed by atoms with Crippen molar-refractivity contribution >= 4 is 0 Å². The highest BCUT2D eigenvalue weighted by atomic mass is 14.4. The van der Waals surface area contributed by atoms with E-state index in [9.17, 15) is 0 Å². The Labute approximate surface area is 63.3 Å². The summed E-state index contributed by atoms with van der Waals surface area (Å²) in [6.45, 7) is 4.79. The minimum atomic E-state index is 0.616. The molecule has 0 N–H and O–H groups in total. The van der Waals surface area contributed by atoms with Gasteiger partial charge in [-0.1, -0.05) is 25.0 Å². The Morgan fingerprint density at radius 3 is 2.00 bits per heavy atom. The number of allylic oxidation sites excluding steroid dienone is 2. The normalized spacial score (nSPS) is 29.4. The van der Waals surface area contributed by atoms with E-state index in [2.05, 4.69) is 13.8 Å². The molecule has 10 heavy (non-hydrogen) atoms. The molecule has 56 valence electrons. The van der Waals surface area contributed by atoms with Crippen molar-refractivity contribution < 1.29 is 0 Å². The van der Waals surface area contributed by atoms with Crippen molar-refractivity contribution in [3.8, 4) is 0 Å². The van der Waals surface area contributed by atoms with Gasteiger partial charge in [-0.15, -0.1) is 0 Å². The minimum absolute atomic E-state index is 0.616. The van der Waals surface area contributed by atoms with Crippen LogP contribution in [0.25, 0.3) is 0 Å². The lowest BCUT2D eigenvalue weighted by Gasteiger charge is -2.18. The van der Waals surface area contributed by atoms with E-state index < -0.39 is 0 Å². The molecule has 2 rings (SSSR count). The van der Waals surface area contributed by atoms with E-state index in [1.165, 1.54) is 32.1 Å². The third-order valence-electron chi connectivity index (χ3n) is 2.84. The van der Waals surface area contributed by atoms with Crippen LogP contribution >= 0.6 is 0 Å². The van der Waals surface area contributed by atoms with E-state index in [-0.39, 0.29) is 0 Å². The zero-order valence-electron chi connectivity index (χ0n) is 7.04. The first kappa shape index (κ1) is 6.45. The second-order valence-electron chi connectivity index (χ2n) is 4.58. The molecule has 0 aliphatic heterocycles. The molecule has 0 aromatic carbocycles. The maximum absolute atomic E-state index is 2.39. The maximum atomic E-state index is 2.39. The molecule has 0 bridgehead atoms. The van der Waals surface area contributed by atoms with Crippen LogP contribution in [0.2, 0.25) is 0 Å². The van der Waals surface area contributed by atoms with Crippen molar-refractivity contribution in [2.45, 2.75) is 46.0 Å². The summed E-state index contributed by atoms with van der Waals surface area (Å²) in [5.41, 5.74) is 4.24. The van der Waals surface area contributed by atoms with Crippen LogP contribution in [0, 0.1) is 5.41 Å². The summed E-state index contributed by atoms with van der Waals surface area (Å²) in [6, 6.07) is 0. The topological polar surface area (TPSA) is 0 Å². The molecule has 0 fully saturated rings. The summed E-state index contributed by atoms with van der Waals surface area (Å²) in [7, 11) is 0. The van der Waals surface area contributed by atoms with Crippen LogP contribution in [0.15, 0.2) is 11.1 Å². The Balaban J connectivity index is 2.17. The Kier molecular flexibility index (Phi) is 1.21. The van der Waals surface area contributed by atoms with E-state index in [4.69, 9.17) is 0 Å². The minimum Gasteiger partial charge on any atom is -0.0704 e. The smallest absolute Gasteiger partial charge is 0.0263 e. The molecule has 0 atom stereocenters. The molecule has 2 aliphatic carbocycles. The van der Waals surface area contributed by atoms with Gasteiger partial charge in [0.25, 0.3) is 0 Å². The van der Waals surface area contributed by atoms with E-state index in [1.54, 1.807) is 0 Å². The van der Waals surface area contributed by atoms with Crippen molar-refractivity contribution in [1.29, 1.82) is 0 Å². The Hall–Kier alpha value is -0.260. The quantitative estimate of drug-likeness (QED) is 0.448. The van der Waals surface area contributed by atoms with Gasteiger partial charge in [0.1, 0.15) is 0 Å². The van der Waals surface area contributed by atoms with Crippen LogP contribution < -0.4 is 0 Å². The molecule has 0 amide bonds. The molecule has 0 saturated heterocycles. The van der Waals surface area contributed by atoms with Gasteiger partial charge >= 0.3 is 0 Å². The summed E-state index contributed by atoms with van der Waals surface area (Å²) < 4.78 is 0. The number of hydrogen-bond donors (Lipinski definition) is 0. The summed E-state index contributed by atoms with van der Waals surface area (Å²) >= 11 is 0. The molecule has 0 saturated carbocycles. The third kappa shape index (κ3) is 0.902. The average Bonchev–Trinajstić information content (AvgIpc) is 2.20. The van der Waals surface area contributed by atoms with Gasteiger partial charge in [0.15, 0.2) is 0 Å². The lowest BCUT2D eigenvalue weighted by Crippen LogP contribution is -2.06. The van der Waals surface area contributed by atoms with Crippen molar-refractivity contribution in [3.63, 3.8) is 0 Å². The van der Waals surface area contributed by atoms with Crippen molar-refractivity contribution in [1.82, 2.24) is 0 Å². The van der Waals surface area contributed by atoms with Crippen molar-refractivity contribution in [3.05, 3.63) is 11.1 Å². The van der Waals surface area contributed by atoms with Crippen LogP contribution in [0.1, 0.15) is 46.0 Å². The monoisotopic (exact) mass is 136 g/mol. The molecular weight excluding hydrogens is 120 g/mol. The highest BCUT2D eigenvalue weighted by molar-refractivity contribution is 5.27. The molecule has 0 heteroatoms. The molecule has 0 unspecified atom stereocenters. The van der Waals surface area contributed by atoms with Gasteiger partial charge < -0.3 is 0 Å². The van der Waals surface area contributed by atoms with Gasteiger partial charge in [-0.3, -0.25) is 0 Å². The van der Waals surface area contributed by atoms with Crippen molar-refractivity contribution in [2.75, 3.05) is 0 Å². The van der Waals surface area contributed by atoms with Crippen LogP contribution in [0.4, 0.5) is 0 Å². The van der Waals surface area contributed by atoms with Crippen LogP contribution in [0.3, 0.4) is 0 Å². The first-order valence-corrected chi connectivity index (χ1v) is 4.37. The van der Waals surface area contributed by atoms with Gasteiger partial charge in [-0.25, -0.2) is 0 Å². The fourth-order valence-electron chi connectivity index (χ4n) is 2.51. The molecular formula is C10H16. The molecule has 0 heterocycles. The van der Waals surface area contributed by atoms with Crippen molar-refractivity contribution in [2.24, 2.45) is 5.41 Å². The van der Waals surface area contributed by atoms with E-state index in [1.807, 2.05) is 11.1 Å². The standard InChI is InChI=1S/C10H16/c1-10(2)6-8-4-3-5-9(8)7-10/h3-7H2,1-2H3. The van der Waals surface area contributed by atoms with Crippen LogP contribution in [-0.2, 0) is 0 Å². The maximum Gasteiger partial charge on any atom is -0.0263 e. The Morgan fingerprint density at radius 1 is 1.00 bits per heavy atom. The molecule has 0 radical (unpaired) electrons. The second kappa shape index (κ2) is 1.87. The zero-order chi connectivity index (χ0) is 7.19.